The topological polar surface area (TPSA) is 12.5 Å². The summed E-state index contributed by atoms with van der Waals surface area (Å²) in [7, 11) is 0. The van der Waals surface area contributed by atoms with Crippen LogP contribution in [0.5, 0.6) is 11.5 Å². The molecule has 2 aromatic rings. The molecule has 0 saturated heterocycles. The second kappa shape index (κ2) is 14.1. The van der Waals surface area contributed by atoms with Crippen molar-refractivity contribution in [2.45, 2.75) is 78.1 Å². The van der Waals surface area contributed by atoms with Crippen LogP contribution in [-0.2, 0) is 0 Å². The van der Waals surface area contributed by atoms with E-state index in [-0.39, 0.29) is 0 Å². The molecule has 0 N–H and O–H groups in total. The van der Waals surface area contributed by atoms with Crippen LogP contribution in [0.3, 0.4) is 0 Å². The van der Waals surface area contributed by atoms with Gasteiger partial charge in [0.05, 0.1) is 5.69 Å². The molecule has 0 radical (unpaired) electrons. The zero-order chi connectivity index (χ0) is 19.9. The van der Waals surface area contributed by atoms with E-state index in [4.69, 9.17) is 4.74 Å². The second-order valence-electron chi connectivity index (χ2n) is 7.70. The molecule has 2 rings (SSSR count). The van der Waals surface area contributed by atoms with Crippen LogP contribution in [0.25, 0.3) is 0 Å². The second-order valence-corrected chi connectivity index (χ2v) is 7.70. The molecule has 28 heavy (non-hydrogen) atoms. The molecule has 2 aromatic carbocycles. The number of anilines is 1. The summed E-state index contributed by atoms with van der Waals surface area (Å²) in [6.07, 6.45) is 13.2. The highest BCUT2D eigenvalue weighted by molar-refractivity contribution is 5.59. The molecule has 2 nitrogen and oxygen atoms in total. The molecule has 0 aliphatic carbocycles. The number of hydrogen-bond donors (Lipinski definition) is 0. The van der Waals surface area contributed by atoms with E-state index in [0.29, 0.717) is 0 Å². The first-order valence-electron chi connectivity index (χ1n) is 11.4. The third-order valence-electron chi connectivity index (χ3n) is 5.24. The molecule has 2 heteroatoms. The molecule has 0 aromatic heterocycles. The predicted octanol–water partition coefficient (Wildman–Crippen LogP) is 8.23. The lowest BCUT2D eigenvalue weighted by Crippen LogP contribution is -2.26. The van der Waals surface area contributed by atoms with Crippen LogP contribution < -0.4 is 9.64 Å². The smallest absolute Gasteiger partial charge is 0.150 e. The van der Waals surface area contributed by atoms with Gasteiger partial charge in [0.2, 0.25) is 0 Å². The maximum atomic E-state index is 6.24. The SMILES string of the molecule is CCCCCCCN(CCCCCCC)c1ccccc1Oc1ccccc1. The standard InChI is InChI=1S/C26H39NO/c1-3-5-7-9-16-22-27(23-17-10-8-6-4-2)25-20-14-15-21-26(25)28-24-18-12-11-13-19-24/h11-15,18-21H,3-10,16-17,22-23H2,1-2H3. The molecule has 0 saturated carbocycles. The molecule has 0 bridgehead atoms. The van der Waals surface area contributed by atoms with E-state index in [9.17, 15) is 0 Å². The Bertz CT molecular complexity index is 611. The summed E-state index contributed by atoms with van der Waals surface area (Å²) < 4.78 is 6.24. The molecule has 154 valence electrons. The average molecular weight is 382 g/mol. The molecule has 0 aliphatic heterocycles. The van der Waals surface area contributed by atoms with Crippen LogP contribution in [-0.4, -0.2) is 13.1 Å². The van der Waals surface area contributed by atoms with Crippen molar-refractivity contribution in [3.63, 3.8) is 0 Å². The van der Waals surface area contributed by atoms with Crippen LogP contribution in [0.15, 0.2) is 54.6 Å². The highest BCUT2D eigenvalue weighted by Gasteiger charge is 2.12. The van der Waals surface area contributed by atoms with Gasteiger partial charge in [-0.2, -0.15) is 0 Å². The van der Waals surface area contributed by atoms with Crippen molar-refractivity contribution in [3.8, 4) is 11.5 Å². The van der Waals surface area contributed by atoms with E-state index in [1.165, 1.54) is 69.9 Å². The summed E-state index contributed by atoms with van der Waals surface area (Å²) >= 11 is 0. The monoisotopic (exact) mass is 381 g/mol. The molecular weight excluding hydrogens is 342 g/mol. The van der Waals surface area contributed by atoms with E-state index >= 15 is 0 Å². The zero-order valence-corrected chi connectivity index (χ0v) is 18.0. The van der Waals surface area contributed by atoms with Crippen molar-refractivity contribution < 1.29 is 4.74 Å². The van der Waals surface area contributed by atoms with E-state index in [1.54, 1.807) is 0 Å². The van der Waals surface area contributed by atoms with Gasteiger partial charge in [-0.15, -0.1) is 0 Å². The van der Waals surface area contributed by atoms with Crippen molar-refractivity contribution in [2.24, 2.45) is 0 Å². The average Bonchev–Trinajstić information content (AvgIpc) is 2.73. The maximum Gasteiger partial charge on any atom is 0.150 e. The van der Waals surface area contributed by atoms with E-state index in [1.807, 2.05) is 30.3 Å². The third kappa shape index (κ3) is 8.37. The maximum absolute atomic E-state index is 6.24. The molecule has 0 aliphatic rings. The van der Waals surface area contributed by atoms with E-state index < -0.39 is 0 Å². The van der Waals surface area contributed by atoms with Crippen LogP contribution in [0, 0.1) is 0 Å². The van der Waals surface area contributed by atoms with Crippen LogP contribution in [0.2, 0.25) is 0 Å². The number of unbranched alkanes of at least 4 members (excludes halogenated alkanes) is 8. The van der Waals surface area contributed by atoms with Crippen molar-refractivity contribution in [1.82, 2.24) is 0 Å². The number of hydrogen-bond acceptors (Lipinski definition) is 2. The lowest BCUT2D eigenvalue weighted by Gasteiger charge is -2.27. The van der Waals surface area contributed by atoms with Gasteiger partial charge in [-0.3, -0.25) is 0 Å². The van der Waals surface area contributed by atoms with E-state index in [2.05, 4.69) is 43.0 Å². The normalized spacial score (nSPS) is 10.8. The molecule has 0 spiro atoms. The summed E-state index contributed by atoms with van der Waals surface area (Å²) in [5.74, 6) is 1.87. The number of para-hydroxylation sites is 3. The van der Waals surface area contributed by atoms with Gasteiger partial charge in [-0.25, -0.2) is 0 Å². The van der Waals surface area contributed by atoms with Crippen molar-refractivity contribution in [3.05, 3.63) is 54.6 Å². The predicted molar refractivity (Wildman–Crippen MR) is 123 cm³/mol. The fraction of sp³-hybridized carbons (Fsp3) is 0.538. The Morgan fingerprint density at radius 2 is 1.14 bits per heavy atom. The Morgan fingerprint density at radius 3 is 1.75 bits per heavy atom. The molecule has 0 heterocycles. The highest BCUT2D eigenvalue weighted by Crippen LogP contribution is 2.32. The quantitative estimate of drug-likeness (QED) is 0.288. The van der Waals surface area contributed by atoms with Crippen molar-refractivity contribution >= 4 is 5.69 Å². The van der Waals surface area contributed by atoms with Crippen LogP contribution in [0.4, 0.5) is 5.69 Å². The Hall–Kier alpha value is -1.96. The van der Waals surface area contributed by atoms with Gasteiger partial charge in [0.1, 0.15) is 5.75 Å². The van der Waals surface area contributed by atoms with Gasteiger partial charge >= 0.3 is 0 Å². The Balaban J connectivity index is 2.02. The Kier molecular flexibility index (Phi) is 11.2. The third-order valence-corrected chi connectivity index (χ3v) is 5.24. The largest absolute Gasteiger partial charge is 0.455 e. The van der Waals surface area contributed by atoms with Crippen molar-refractivity contribution in [1.29, 1.82) is 0 Å². The summed E-state index contributed by atoms with van der Waals surface area (Å²) in [4.78, 5) is 2.55. The van der Waals surface area contributed by atoms with Crippen LogP contribution >= 0.6 is 0 Å². The van der Waals surface area contributed by atoms with Gasteiger partial charge < -0.3 is 9.64 Å². The summed E-state index contributed by atoms with van der Waals surface area (Å²) in [6.45, 7) is 6.79. The fourth-order valence-electron chi connectivity index (χ4n) is 3.59. The van der Waals surface area contributed by atoms with Gasteiger partial charge in [0.15, 0.2) is 5.75 Å². The molecule has 0 atom stereocenters. The fourth-order valence-corrected chi connectivity index (χ4v) is 3.59. The van der Waals surface area contributed by atoms with Crippen LogP contribution in [0.1, 0.15) is 78.1 Å². The number of ether oxygens (including phenoxy) is 1. The number of benzene rings is 2. The Morgan fingerprint density at radius 1 is 0.607 bits per heavy atom. The van der Waals surface area contributed by atoms with Gasteiger partial charge in [0.25, 0.3) is 0 Å². The number of rotatable bonds is 15. The first-order chi connectivity index (χ1) is 13.8. The summed E-state index contributed by atoms with van der Waals surface area (Å²) in [5, 5.41) is 0. The minimum atomic E-state index is 0.904. The van der Waals surface area contributed by atoms with Crippen molar-refractivity contribution in [2.75, 3.05) is 18.0 Å². The lowest BCUT2D eigenvalue weighted by molar-refractivity contribution is 0.479. The van der Waals surface area contributed by atoms with Gasteiger partial charge in [-0.05, 0) is 37.1 Å². The first kappa shape index (κ1) is 22.3. The first-order valence-corrected chi connectivity index (χ1v) is 11.4. The molecule has 0 fully saturated rings. The molecule has 0 unspecified atom stereocenters. The minimum Gasteiger partial charge on any atom is -0.455 e. The highest BCUT2D eigenvalue weighted by atomic mass is 16.5. The summed E-state index contributed by atoms with van der Waals surface area (Å²) in [6, 6.07) is 18.6. The van der Waals surface area contributed by atoms with Gasteiger partial charge in [0, 0.05) is 13.1 Å². The Labute approximate surface area is 172 Å². The zero-order valence-electron chi connectivity index (χ0n) is 18.0. The van der Waals surface area contributed by atoms with Gasteiger partial charge in [-0.1, -0.05) is 95.5 Å². The van der Waals surface area contributed by atoms with E-state index in [0.717, 1.165) is 24.6 Å². The molecular formula is C26H39NO. The lowest BCUT2D eigenvalue weighted by atomic mass is 10.1. The summed E-state index contributed by atoms with van der Waals surface area (Å²) in [5.41, 5.74) is 1.23. The minimum absolute atomic E-state index is 0.904. The molecule has 0 amide bonds. The number of nitrogens with zero attached hydrogens (tertiary/aromatic N) is 1.